The van der Waals surface area contributed by atoms with Crippen LogP contribution in [0.25, 0.3) is 0 Å². The van der Waals surface area contributed by atoms with Crippen molar-refractivity contribution < 1.29 is 0 Å². The Labute approximate surface area is 84.6 Å². The summed E-state index contributed by atoms with van der Waals surface area (Å²) in [5.74, 6) is 0. The summed E-state index contributed by atoms with van der Waals surface area (Å²) >= 11 is 0. The van der Waals surface area contributed by atoms with Crippen molar-refractivity contribution in [3.05, 3.63) is 35.4 Å². The minimum absolute atomic E-state index is 0.574. The molecule has 2 nitrogen and oxygen atoms in total. The Morgan fingerprint density at radius 3 is 3.00 bits per heavy atom. The number of nitriles is 1. The van der Waals surface area contributed by atoms with Crippen LogP contribution < -0.4 is 5.32 Å². The van der Waals surface area contributed by atoms with Gasteiger partial charge in [0.2, 0.25) is 0 Å². The van der Waals surface area contributed by atoms with E-state index in [1.54, 1.807) is 0 Å². The molecule has 2 heteroatoms. The van der Waals surface area contributed by atoms with E-state index in [2.05, 4.69) is 17.5 Å². The van der Waals surface area contributed by atoms with E-state index in [0.29, 0.717) is 6.04 Å². The van der Waals surface area contributed by atoms with E-state index in [1.807, 2.05) is 18.2 Å². The van der Waals surface area contributed by atoms with Gasteiger partial charge >= 0.3 is 0 Å². The number of benzene rings is 1. The summed E-state index contributed by atoms with van der Waals surface area (Å²) in [4.78, 5) is 0. The summed E-state index contributed by atoms with van der Waals surface area (Å²) in [6.07, 6.45) is 3.49. The van der Waals surface area contributed by atoms with Gasteiger partial charge in [0.25, 0.3) is 0 Å². The first kappa shape index (κ1) is 9.23. The molecule has 1 saturated heterocycles. The van der Waals surface area contributed by atoms with Crippen LogP contribution in [-0.2, 0) is 6.42 Å². The van der Waals surface area contributed by atoms with Gasteiger partial charge in [-0.1, -0.05) is 18.2 Å². The molecule has 72 valence electrons. The van der Waals surface area contributed by atoms with Crippen LogP contribution >= 0.6 is 0 Å². The highest BCUT2D eigenvalue weighted by Gasteiger charge is 2.15. The summed E-state index contributed by atoms with van der Waals surface area (Å²) in [5.41, 5.74) is 2.00. The van der Waals surface area contributed by atoms with Crippen molar-refractivity contribution in [3.8, 4) is 6.07 Å². The number of hydrogen-bond donors (Lipinski definition) is 1. The van der Waals surface area contributed by atoms with Crippen molar-refractivity contribution in [2.24, 2.45) is 0 Å². The molecule has 14 heavy (non-hydrogen) atoms. The molecule has 0 spiro atoms. The molecule has 1 heterocycles. The largest absolute Gasteiger partial charge is 0.314 e. The molecule has 0 aliphatic carbocycles. The minimum atomic E-state index is 0.574. The summed E-state index contributed by atoms with van der Waals surface area (Å²) in [6, 6.07) is 10.7. The van der Waals surface area contributed by atoms with Crippen LogP contribution in [0, 0.1) is 11.3 Å². The zero-order valence-corrected chi connectivity index (χ0v) is 8.16. The summed E-state index contributed by atoms with van der Waals surface area (Å²) in [6.45, 7) is 1.12. The normalized spacial score (nSPS) is 20.6. The van der Waals surface area contributed by atoms with Crippen molar-refractivity contribution in [1.29, 1.82) is 5.26 Å². The molecule has 1 aromatic carbocycles. The first-order valence-electron chi connectivity index (χ1n) is 5.11. The van der Waals surface area contributed by atoms with Gasteiger partial charge in [-0.05, 0) is 37.4 Å². The van der Waals surface area contributed by atoms with Crippen LogP contribution in [0.5, 0.6) is 0 Å². The molecule has 1 fully saturated rings. The molecule has 0 saturated carbocycles. The van der Waals surface area contributed by atoms with Gasteiger partial charge in [-0.2, -0.15) is 5.26 Å². The highest BCUT2D eigenvalue weighted by atomic mass is 14.9. The molecular weight excluding hydrogens is 172 g/mol. The number of nitrogens with zero attached hydrogens (tertiary/aromatic N) is 1. The Balaban J connectivity index is 2.11. The Bertz CT molecular complexity index is 346. The molecular formula is C12H14N2. The zero-order chi connectivity index (χ0) is 9.80. The van der Waals surface area contributed by atoms with Crippen LogP contribution in [-0.4, -0.2) is 12.6 Å². The van der Waals surface area contributed by atoms with Gasteiger partial charge in [-0.25, -0.2) is 0 Å². The Hall–Kier alpha value is -1.33. The van der Waals surface area contributed by atoms with Crippen LogP contribution in [0.4, 0.5) is 0 Å². The lowest BCUT2D eigenvalue weighted by Crippen LogP contribution is -2.23. The Morgan fingerprint density at radius 1 is 1.43 bits per heavy atom. The highest BCUT2D eigenvalue weighted by molar-refractivity contribution is 5.37. The van der Waals surface area contributed by atoms with Crippen LogP contribution in [0.1, 0.15) is 24.0 Å². The van der Waals surface area contributed by atoms with E-state index in [9.17, 15) is 0 Å². The van der Waals surface area contributed by atoms with Gasteiger partial charge in [-0.3, -0.25) is 0 Å². The van der Waals surface area contributed by atoms with Crippen molar-refractivity contribution in [2.75, 3.05) is 6.54 Å². The predicted octanol–water partition coefficient (Wildman–Crippen LogP) is 1.85. The van der Waals surface area contributed by atoms with Crippen molar-refractivity contribution >= 4 is 0 Å². The number of nitrogens with one attached hydrogen (secondary N) is 1. The average Bonchev–Trinajstić information content (AvgIpc) is 2.71. The van der Waals surface area contributed by atoms with Gasteiger partial charge < -0.3 is 5.32 Å². The van der Waals surface area contributed by atoms with E-state index in [4.69, 9.17) is 5.26 Å². The van der Waals surface area contributed by atoms with Gasteiger partial charge in [0.05, 0.1) is 11.6 Å². The maximum atomic E-state index is 8.92. The molecule has 0 aromatic heterocycles. The first-order valence-corrected chi connectivity index (χ1v) is 5.11. The second-order valence-corrected chi connectivity index (χ2v) is 3.77. The standard InChI is InChI=1S/C12H14N2/c13-9-11-5-2-1-4-10(11)8-12-6-3-7-14-12/h1-2,4-5,12,14H,3,6-8H2. The maximum Gasteiger partial charge on any atom is 0.0994 e. The lowest BCUT2D eigenvalue weighted by Gasteiger charge is -2.10. The quantitative estimate of drug-likeness (QED) is 0.765. The topological polar surface area (TPSA) is 35.8 Å². The fourth-order valence-corrected chi connectivity index (χ4v) is 2.00. The van der Waals surface area contributed by atoms with Gasteiger partial charge in [-0.15, -0.1) is 0 Å². The minimum Gasteiger partial charge on any atom is -0.314 e. The third kappa shape index (κ3) is 1.94. The maximum absolute atomic E-state index is 8.92. The molecule has 0 bridgehead atoms. The molecule has 1 N–H and O–H groups in total. The number of rotatable bonds is 2. The van der Waals surface area contributed by atoms with Gasteiger partial charge in [0.1, 0.15) is 0 Å². The van der Waals surface area contributed by atoms with Crippen LogP contribution in [0.3, 0.4) is 0 Å². The molecule has 1 aliphatic heterocycles. The lowest BCUT2D eigenvalue weighted by atomic mass is 10.0. The Morgan fingerprint density at radius 2 is 2.29 bits per heavy atom. The second-order valence-electron chi connectivity index (χ2n) is 3.77. The first-order chi connectivity index (χ1) is 6.90. The van der Waals surface area contributed by atoms with Gasteiger partial charge in [0.15, 0.2) is 0 Å². The third-order valence-corrected chi connectivity index (χ3v) is 2.77. The van der Waals surface area contributed by atoms with Crippen molar-refractivity contribution in [3.63, 3.8) is 0 Å². The summed E-state index contributed by atoms with van der Waals surface area (Å²) in [7, 11) is 0. The molecule has 0 amide bonds. The molecule has 0 radical (unpaired) electrons. The summed E-state index contributed by atoms with van der Waals surface area (Å²) in [5, 5.41) is 12.4. The third-order valence-electron chi connectivity index (χ3n) is 2.77. The Kier molecular flexibility index (Phi) is 2.81. The van der Waals surface area contributed by atoms with E-state index < -0.39 is 0 Å². The van der Waals surface area contributed by atoms with Crippen molar-refractivity contribution in [2.45, 2.75) is 25.3 Å². The zero-order valence-electron chi connectivity index (χ0n) is 8.16. The smallest absolute Gasteiger partial charge is 0.0994 e. The molecule has 2 rings (SSSR count). The van der Waals surface area contributed by atoms with Gasteiger partial charge in [0, 0.05) is 6.04 Å². The van der Waals surface area contributed by atoms with E-state index >= 15 is 0 Å². The monoisotopic (exact) mass is 186 g/mol. The average molecular weight is 186 g/mol. The molecule has 1 unspecified atom stereocenters. The predicted molar refractivity (Wildman–Crippen MR) is 55.9 cm³/mol. The lowest BCUT2D eigenvalue weighted by molar-refractivity contribution is 0.602. The van der Waals surface area contributed by atoms with E-state index in [1.165, 1.54) is 18.4 Å². The summed E-state index contributed by atoms with van der Waals surface area (Å²) < 4.78 is 0. The fraction of sp³-hybridized carbons (Fsp3) is 0.417. The van der Waals surface area contributed by atoms with Crippen LogP contribution in [0.2, 0.25) is 0 Å². The SMILES string of the molecule is N#Cc1ccccc1CC1CCCN1. The van der Waals surface area contributed by atoms with E-state index in [0.717, 1.165) is 18.5 Å². The molecule has 1 atom stereocenters. The highest BCUT2D eigenvalue weighted by Crippen LogP contribution is 2.14. The van der Waals surface area contributed by atoms with Crippen LogP contribution in [0.15, 0.2) is 24.3 Å². The number of hydrogen-bond acceptors (Lipinski definition) is 2. The van der Waals surface area contributed by atoms with E-state index in [-0.39, 0.29) is 0 Å². The molecule has 1 aromatic rings. The van der Waals surface area contributed by atoms with Crippen molar-refractivity contribution in [1.82, 2.24) is 5.32 Å². The second kappa shape index (κ2) is 4.26. The molecule has 1 aliphatic rings. The fourth-order valence-electron chi connectivity index (χ4n) is 2.00.